The summed E-state index contributed by atoms with van der Waals surface area (Å²) in [4.78, 5) is 13.5. The maximum Gasteiger partial charge on any atom is 0.261 e. The molecule has 0 unspecified atom stereocenters. The zero-order chi connectivity index (χ0) is 12.8. The van der Waals surface area contributed by atoms with Gasteiger partial charge in [0, 0.05) is 12.5 Å². The Kier molecular flexibility index (Phi) is 4.80. The van der Waals surface area contributed by atoms with Crippen LogP contribution in [0.3, 0.4) is 0 Å². The fourth-order valence-corrected chi connectivity index (χ4v) is 2.84. The standard InChI is InChI=1S/C14H17NO2S/c16-10-4-3-7-12-8-9-13(18-12)14(17)15-11-5-1-2-6-11/h8-9,11,16H,1-2,4-6,10H2,(H,15,17). The lowest BCUT2D eigenvalue weighted by atomic mass is 10.2. The normalized spacial score (nSPS) is 15.2. The lowest BCUT2D eigenvalue weighted by Gasteiger charge is -2.10. The molecule has 4 heteroatoms. The van der Waals surface area contributed by atoms with Gasteiger partial charge in [-0.05, 0) is 25.0 Å². The van der Waals surface area contributed by atoms with E-state index in [0.717, 1.165) is 22.6 Å². The number of hydrogen-bond donors (Lipinski definition) is 2. The fraction of sp³-hybridized carbons (Fsp3) is 0.500. The molecule has 18 heavy (non-hydrogen) atoms. The molecule has 1 fully saturated rings. The number of hydrogen-bond acceptors (Lipinski definition) is 3. The molecule has 1 heterocycles. The van der Waals surface area contributed by atoms with E-state index in [1.165, 1.54) is 24.2 Å². The molecule has 0 aliphatic heterocycles. The van der Waals surface area contributed by atoms with E-state index in [-0.39, 0.29) is 12.5 Å². The first-order chi connectivity index (χ1) is 8.79. The van der Waals surface area contributed by atoms with Crippen molar-refractivity contribution in [3.8, 4) is 11.8 Å². The maximum absolute atomic E-state index is 12.0. The first-order valence-corrected chi connectivity index (χ1v) is 7.11. The van der Waals surface area contributed by atoms with Crippen LogP contribution in [0.2, 0.25) is 0 Å². The predicted octanol–water partition coefficient (Wildman–Crippen LogP) is 2.15. The van der Waals surface area contributed by atoms with Crippen molar-refractivity contribution in [1.29, 1.82) is 0 Å². The van der Waals surface area contributed by atoms with Crippen molar-refractivity contribution in [2.75, 3.05) is 6.61 Å². The molecule has 3 nitrogen and oxygen atoms in total. The van der Waals surface area contributed by atoms with Gasteiger partial charge < -0.3 is 10.4 Å². The first kappa shape index (κ1) is 13.1. The third-order valence-corrected chi connectivity index (χ3v) is 3.97. The van der Waals surface area contributed by atoms with Gasteiger partial charge in [0.15, 0.2) is 0 Å². The molecule has 1 aliphatic carbocycles. The zero-order valence-corrected chi connectivity index (χ0v) is 11.1. The Labute approximate surface area is 111 Å². The van der Waals surface area contributed by atoms with Gasteiger partial charge in [-0.15, -0.1) is 11.3 Å². The van der Waals surface area contributed by atoms with Gasteiger partial charge in [0.2, 0.25) is 0 Å². The van der Waals surface area contributed by atoms with Gasteiger partial charge in [-0.1, -0.05) is 24.7 Å². The predicted molar refractivity (Wildman–Crippen MR) is 72.6 cm³/mol. The van der Waals surface area contributed by atoms with E-state index in [2.05, 4.69) is 17.2 Å². The quantitative estimate of drug-likeness (QED) is 0.821. The second-order valence-electron chi connectivity index (χ2n) is 4.39. The van der Waals surface area contributed by atoms with Gasteiger partial charge >= 0.3 is 0 Å². The minimum atomic E-state index is 0.0158. The molecule has 1 aromatic rings. The molecule has 1 amide bonds. The summed E-state index contributed by atoms with van der Waals surface area (Å²) < 4.78 is 0. The van der Waals surface area contributed by atoms with Gasteiger partial charge in [0.05, 0.1) is 16.4 Å². The van der Waals surface area contributed by atoms with Crippen LogP contribution < -0.4 is 5.32 Å². The Hall–Kier alpha value is -1.31. The average molecular weight is 263 g/mol. The smallest absolute Gasteiger partial charge is 0.261 e. The maximum atomic E-state index is 12.0. The topological polar surface area (TPSA) is 49.3 Å². The highest BCUT2D eigenvalue weighted by atomic mass is 32.1. The second kappa shape index (κ2) is 6.58. The lowest BCUT2D eigenvalue weighted by Crippen LogP contribution is -2.31. The highest BCUT2D eigenvalue weighted by Crippen LogP contribution is 2.20. The van der Waals surface area contributed by atoms with Crippen molar-refractivity contribution < 1.29 is 9.90 Å². The Morgan fingerprint density at radius 1 is 1.44 bits per heavy atom. The summed E-state index contributed by atoms with van der Waals surface area (Å²) in [6.45, 7) is 0.0768. The van der Waals surface area contributed by atoms with Gasteiger partial charge in [-0.25, -0.2) is 0 Å². The zero-order valence-electron chi connectivity index (χ0n) is 10.2. The molecule has 0 atom stereocenters. The number of nitrogens with one attached hydrogen (secondary N) is 1. The molecule has 2 rings (SSSR count). The molecular formula is C14H17NO2S. The van der Waals surface area contributed by atoms with E-state index in [4.69, 9.17) is 5.11 Å². The number of thiophene rings is 1. The van der Waals surface area contributed by atoms with Gasteiger partial charge in [0.1, 0.15) is 0 Å². The van der Waals surface area contributed by atoms with Crippen molar-refractivity contribution in [3.05, 3.63) is 21.9 Å². The van der Waals surface area contributed by atoms with Gasteiger partial charge in [-0.2, -0.15) is 0 Å². The van der Waals surface area contributed by atoms with Crippen molar-refractivity contribution >= 4 is 17.2 Å². The molecule has 1 aromatic heterocycles. The number of rotatable bonds is 3. The van der Waals surface area contributed by atoms with Crippen LogP contribution in [-0.2, 0) is 0 Å². The SMILES string of the molecule is O=C(NC1CCCC1)c1ccc(C#CCCO)s1. The van der Waals surface area contributed by atoms with Crippen molar-refractivity contribution in [2.45, 2.75) is 38.1 Å². The summed E-state index contributed by atoms with van der Waals surface area (Å²) in [5, 5.41) is 11.7. The van der Waals surface area contributed by atoms with Crippen LogP contribution in [0.25, 0.3) is 0 Å². The molecule has 2 N–H and O–H groups in total. The van der Waals surface area contributed by atoms with Gasteiger partial charge in [-0.3, -0.25) is 4.79 Å². The van der Waals surface area contributed by atoms with Crippen LogP contribution in [-0.4, -0.2) is 23.7 Å². The minimum absolute atomic E-state index is 0.0158. The molecule has 0 aromatic carbocycles. The largest absolute Gasteiger partial charge is 0.395 e. The lowest BCUT2D eigenvalue weighted by molar-refractivity contribution is 0.0942. The Morgan fingerprint density at radius 3 is 2.94 bits per heavy atom. The number of aliphatic hydroxyl groups is 1. The Balaban J connectivity index is 1.92. The van der Waals surface area contributed by atoms with Crippen molar-refractivity contribution in [3.63, 3.8) is 0 Å². The van der Waals surface area contributed by atoms with E-state index in [1.54, 1.807) is 0 Å². The summed E-state index contributed by atoms with van der Waals surface area (Å²) in [6.07, 6.45) is 5.10. The van der Waals surface area contributed by atoms with E-state index >= 15 is 0 Å². The number of aliphatic hydroxyl groups excluding tert-OH is 1. The van der Waals surface area contributed by atoms with E-state index in [1.807, 2.05) is 12.1 Å². The fourth-order valence-electron chi connectivity index (χ4n) is 2.06. The molecule has 0 saturated heterocycles. The summed E-state index contributed by atoms with van der Waals surface area (Å²) >= 11 is 1.41. The second-order valence-corrected chi connectivity index (χ2v) is 5.48. The number of carbonyl (C=O) groups excluding carboxylic acids is 1. The van der Waals surface area contributed by atoms with E-state index < -0.39 is 0 Å². The molecule has 1 saturated carbocycles. The van der Waals surface area contributed by atoms with Crippen LogP contribution in [0, 0.1) is 11.8 Å². The summed E-state index contributed by atoms with van der Waals surface area (Å²) in [6, 6.07) is 4.03. The summed E-state index contributed by atoms with van der Waals surface area (Å²) in [5.41, 5.74) is 0. The third-order valence-electron chi connectivity index (χ3n) is 2.97. The monoisotopic (exact) mass is 263 g/mol. The molecule has 0 bridgehead atoms. The van der Waals surface area contributed by atoms with Crippen LogP contribution in [0.15, 0.2) is 12.1 Å². The first-order valence-electron chi connectivity index (χ1n) is 6.30. The highest BCUT2D eigenvalue weighted by molar-refractivity contribution is 7.14. The molecular weight excluding hydrogens is 246 g/mol. The van der Waals surface area contributed by atoms with Crippen LogP contribution in [0.1, 0.15) is 46.7 Å². The molecule has 96 valence electrons. The summed E-state index contributed by atoms with van der Waals surface area (Å²) in [5.74, 6) is 5.81. The minimum Gasteiger partial charge on any atom is -0.395 e. The Bertz CT molecular complexity index is 464. The molecule has 0 radical (unpaired) electrons. The number of carbonyl (C=O) groups is 1. The number of amides is 1. The Morgan fingerprint density at radius 2 is 2.22 bits per heavy atom. The molecule has 0 spiro atoms. The summed E-state index contributed by atoms with van der Waals surface area (Å²) in [7, 11) is 0. The van der Waals surface area contributed by atoms with E-state index in [0.29, 0.717) is 12.5 Å². The van der Waals surface area contributed by atoms with Crippen LogP contribution in [0.5, 0.6) is 0 Å². The van der Waals surface area contributed by atoms with Crippen LogP contribution >= 0.6 is 11.3 Å². The van der Waals surface area contributed by atoms with Crippen molar-refractivity contribution in [1.82, 2.24) is 5.32 Å². The third kappa shape index (κ3) is 3.59. The molecule has 1 aliphatic rings. The van der Waals surface area contributed by atoms with Gasteiger partial charge in [0.25, 0.3) is 5.91 Å². The van der Waals surface area contributed by atoms with Crippen LogP contribution in [0.4, 0.5) is 0 Å². The highest BCUT2D eigenvalue weighted by Gasteiger charge is 2.18. The average Bonchev–Trinajstić information content (AvgIpc) is 3.00. The van der Waals surface area contributed by atoms with E-state index in [9.17, 15) is 4.79 Å². The van der Waals surface area contributed by atoms with Crippen molar-refractivity contribution in [2.24, 2.45) is 0 Å².